The molecule has 0 bridgehead atoms. The molecule has 2 fully saturated rings. The van der Waals surface area contributed by atoms with Crippen LogP contribution in [-0.4, -0.2) is 43.7 Å². The van der Waals surface area contributed by atoms with Crippen molar-refractivity contribution in [2.45, 2.75) is 18.5 Å². The highest BCUT2D eigenvalue weighted by Gasteiger charge is 2.46. The molecule has 21 heavy (non-hydrogen) atoms. The highest BCUT2D eigenvalue weighted by molar-refractivity contribution is 5.99. The number of urea groups is 1. The van der Waals surface area contributed by atoms with Gasteiger partial charge in [0, 0.05) is 13.0 Å². The zero-order valence-corrected chi connectivity index (χ0v) is 12.1. The van der Waals surface area contributed by atoms with Crippen LogP contribution in [0.3, 0.4) is 0 Å². The molecule has 2 aliphatic heterocycles. The van der Waals surface area contributed by atoms with Crippen LogP contribution >= 0.6 is 0 Å². The maximum atomic E-state index is 12.3. The van der Waals surface area contributed by atoms with Gasteiger partial charge in [0.25, 0.3) is 0 Å². The number of fused-ring (bicyclic) bond motifs is 1. The van der Waals surface area contributed by atoms with Crippen LogP contribution < -0.4 is 15.4 Å². The molecule has 2 N–H and O–H groups in total. The standard InChI is InChI=1S/C15H19N3O3/c1-18-13-12(14(19)17-15(18)20)11(6-7-16-13)9-4-3-5-10(8-9)21-2/h3-5,8,11-13,16H,6-7H2,1-2H3,(H,17,19,20). The first-order valence-corrected chi connectivity index (χ1v) is 7.07. The van der Waals surface area contributed by atoms with Crippen LogP contribution in [-0.2, 0) is 4.79 Å². The van der Waals surface area contributed by atoms with Gasteiger partial charge in [-0.2, -0.15) is 0 Å². The van der Waals surface area contributed by atoms with E-state index in [9.17, 15) is 9.59 Å². The van der Waals surface area contributed by atoms with Gasteiger partial charge in [-0.15, -0.1) is 0 Å². The zero-order chi connectivity index (χ0) is 15.0. The minimum absolute atomic E-state index is 0.0712. The Morgan fingerprint density at radius 3 is 2.90 bits per heavy atom. The van der Waals surface area contributed by atoms with Gasteiger partial charge in [0.1, 0.15) is 5.75 Å². The highest BCUT2D eigenvalue weighted by Crippen LogP contribution is 2.37. The number of benzene rings is 1. The number of nitrogens with zero attached hydrogens (tertiary/aromatic N) is 1. The number of carbonyl (C=O) groups is 2. The molecule has 3 atom stereocenters. The number of hydrogen-bond donors (Lipinski definition) is 2. The third kappa shape index (κ3) is 2.35. The van der Waals surface area contributed by atoms with Gasteiger partial charge >= 0.3 is 6.03 Å². The summed E-state index contributed by atoms with van der Waals surface area (Å²) in [4.78, 5) is 25.6. The Labute approximate surface area is 123 Å². The van der Waals surface area contributed by atoms with Crippen LogP contribution in [0, 0.1) is 5.92 Å². The lowest BCUT2D eigenvalue weighted by Crippen LogP contribution is -2.66. The number of amides is 3. The molecule has 1 aromatic rings. The van der Waals surface area contributed by atoms with Gasteiger partial charge in [-0.25, -0.2) is 4.79 Å². The Morgan fingerprint density at radius 1 is 1.33 bits per heavy atom. The number of hydrogen-bond acceptors (Lipinski definition) is 4. The van der Waals surface area contributed by atoms with Crippen LogP contribution in [0.2, 0.25) is 0 Å². The van der Waals surface area contributed by atoms with Crippen molar-refractivity contribution < 1.29 is 14.3 Å². The van der Waals surface area contributed by atoms with Crippen molar-refractivity contribution >= 4 is 11.9 Å². The van der Waals surface area contributed by atoms with E-state index in [1.807, 2.05) is 24.3 Å². The largest absolute Gasteiger partial charge is 0.497 e. The van der Waals surface area contributed by atoms with E-state index in [1.54, 1.807) is 19.1 Å². The maximum Gasteiger partial charge on any atom is 0.325 e. The monoisotopic (exact) mass is 289 g/mol. The van der Waals surface area contributed by atoms with Crippen molar-refractivity contribution in [3.63, 3.8) is 0 Å². The second-order valence-electron chi connectivity index (χ2n) is 5.50. The molecule has 112 valence electrons. The molecule has 2 saturated heterocycles. The number of ether oxygens (including phenoxy) is 1. The first-order chi connectivity index (χ1) is 10.1. The van der Waals surface area contributed by atoms with Gasteiger partial charge in [-0.3, -0.25) is 15.4 Å². The van der Waals surface area contributed by atoms with E-state index >= 15 is 0 Å². The van der Waals surface area contributed by atoms with Crippen LogP contribution in [0.5, 0.6) is 5.75 Å². The van der Waals surface area contributed by atoms with E-state index in [4.69, 9.17) is 4.74 Å². The Hall–Kier alpha value is -2.08. The van der Waals surface area contributed by atoms with Crippen LogP contribution in [0.15, 0.2) is 24.3 Å². The van der Waals surface area contributed by atoms with E-state index in [2.05, 4.69) is 10.6 Å². The summed E-state index contributed by atoms with van der Waals surface area (Å²) in [6, 6.07) is 7.45. The molecule has 0 aromatic heterocycles. The summed E-state index contributed by atoms with van der Waals surface area (Å²) < 4.78 is 5.27. The zero-order valence-electron chi connectivity index (χ0n) is 12.1. The molecule has 1 aromatic carbocycles. The Morgan fingerprint density at radius 2 is 2.14 bits per heavy atom. The number of rotatable bonds is 2. The summed E-state index contributed by atoms with van der Waals surface area (Å²) in [6.45, 7) is 0.772. The minimum atomic E-state index is -0.347. The molecule has 3 unspecified atom stereocenters. The Kier molecular flexibility index (Phi) is 3.55. The molecule has 2 aliphatic rings. The average molecular weight is 289 g/mol. The first-order valence-electron chi connectivity index (χ1n) is 7.07. The topological polar surface area (TPSA) is 70.7 Å². The van der Waals surface area contributed by atoms with Crippen LogP contribution in [0.1, 0.15) is 17.9 Å². The third-order valence-corrected chi connectivity index (χ3v) is 4.37. The highest BCUT2D eigenvalue weighted by atomic mass is 16.5. The summed E-state index contributed by atoms with van der Waals surface area (Å²) in [5, 5.41) is 5.71. The van der Waals surface area contributed by atoms with Crippen molar-refractivity contribution in [3.8, 4) is 5.75 Å². The predicted octanol–water partition coefficient (Wildman–Crippen LogP) is 0.896. The second kappa shape index (κ2) is 5.37. The van der Waals surface area contributed by atoms with Crippen LogP contribution in [0.4, 0.5) is 4.79 Å². The van der Waals surface area contributed by atoms with Gasteiger partial charge in [0.05, 0.1) is 19.2 Å². The van der Waals surface area contributed by atoms with Gasteiger partial charge in [0.15, 0.2) is 0 Å². The molecule has 0 aliphatic carbocycles. The smallest absolute Gasteiger partial charge is 0.325 e. The molecule has 6 heteroatoms. The number of methoxy groups -OCH3 is 1. The van der Waals surface area contributed by atoms with Crippen LogP contribution in [0.25, 0.3) is 0 Å². The normalized spacial score (nSPS) is 28.9. The molecule has 6 nitrogen and oxygen atoms in total. The van der Waals surface area contributed by atoms with Gasteiger partial charge < -0.3 is 9.64 Å². The molecule has 3 amide bonds. The SMILES string of the molecule is COc1cccc(C2CCNC3C2C(=O)NC(=O)N3C)c1. The average Bonchev–Trinajstić information content (AvgIpc) is 2.52. The number of piperidine rings is 1. The van der Waals surface area contributed by atoms with E-state index in [1.165, 1.54) is 0 Å². The fourth-order valence-corrected chi connectivity index (χ4v) is 3.27. The van der Waals surface area contributed by atoms with E-state index in [-0.39, 0.29) is 29.9 Å². The van der Waals surface area contributed by atoms with Gasteiger partial charge in [-0.1, -0.05) is 12.1 Å². The third-order valence-electron chi connectivity index (χ3n) is 4.37. The van der Waals surface area contributed by atoms with Gasteiger partial charge in [-0.05, 0) is 30.7 Å². The fourth-order valence-electron chi connectivity index (χ4n) is 3.27. The molecule has 0 spiro atoms. The lowest BCUT2D eigenvalue weighted by molar-refractivity contribution is -0.130. The quantitative estimate of drug-likeness (QED) is 0.848. The first kappa shape index (κ1) is 13.9. The fraction of sp³-hybridized carbons (Fsp3) is 0.467. The minimum Gasteiger partial charge on any atom is -0.497 e. The van der Waals surface area contributed by atoms with Crippen molar-refractivity contribution in [2.24, 2.45) is 5.92 Å². The number of carbonyl (C=O) groups excluding carboxylic acids is 2. The second-order valence-corrected chi connectivity index (χ2v) is 5.50. The summed E-state index contributed by atoms with van der Waals surface area (Å²) in [7, 11) is 3.34. The molecular formula is C15H19N3O3. The van der Waals surface area contributed by atoms with Crippen molar-refractivity contribution in [1.82, 2.24) is 15.5 Å². The number of nitrogens with one attached hydrogen (secondary N) is 2. The molecule has 2 heterocycles. The van der Waals surface area contributed by atoms with E-state index in [0.717, 1.165) is 24.3 Å². The lowest BCUT2D eigenvalue weighted by atomic mass is 9.77. The predicted molar refractivity (Wildman–Crippen MR) is 76.9 cm³/mol. The molecular weight excluding hydrogens is 270 g/mol. The molecule has 0 saturated carbocycles. The molecule has 0 radical (unpaired) electrons. The van der Waals surface area contributed by atoms with E-state index in [0.29, 0.717) is 0 Å². The Balaban J connectivity index is 1.94. The molecule has 3 rings (SSSR count). The maximum absolute atomic E-state index is 12.3. The lowest BCUT2D eigenvalue weighted by Gasteiger charge is -2.45. The van der Waals surface area contributed by atoms with Crippen molar-refractivity contribution in [1.29, 1.82) is 0 Å². The van der Waals surface area contributed by atoms with E-state index < -0.39 is 0 Å². The summed E-state index contributed by atoms with van der Waals surface area (Å²) in [5.41, 5.74) is 1.07. The number of imide groups is 1. The summed E-state index contributed by atoms with van der Waals surface area (Å²) in [6.07, 6.45) is 0.597. The Bertz CT molecular complexity index is 575. The summed E-state index contributed by atoms with van der Waals surface area (Å²) in [5.74, 6) is 0.363. The van der Waals surface area contributed by atoms with Crippen molar-refractivity contribution in [2.75, 3.05) is 20.7 Å². The van der Waals surface area contributed by atoms with Gasteiger partial charge in [0.2, 0.25) is 5.91 Å². The summed E-state index contributed by atoms with van der Waals surface area (Å²) >= 11 is 0. The van der Waals surface area contributed by atoms with Crippen molar-refractivity contribution in [3.05, 3.63) is 29.8 Å².